The van der Waals surface area contributed by atoms with Gasteiger partial charge in [-0.15, -0.1) is 0 Å². The zero-order valence-corrected chi connectivity index (χ0v) is 15.4. The maximum Gasteiger partial charge on any atom is 0.275 e. The molecule has 0 aliphatic rings. The maximum absolute atomic E-state index is 12.3. The van der Waals surface area contributed by atoms with Crippen molar-refractivity contribution in [1.29, 1.82) is 0 Å². The number of nitrogens with zero attached hydrogens (tertiary/aromatic N) is 2. The van der Waals surface area contributed by atoms with E-state index in [4.69, 9.17) is 21.1 Å². The molecule has 0 radical (unpaired) electrons. The standard InChI is InChI=1S/C19H17ClN4O3/c1-26-12-7-8-17(27-2)15(9-12)23-18-11-21-16(10-22-18)19(25)24-14-6-4-3-5-13(14)20/h3-11H,1-2H3,(H,22,23)(H,24,25). The number of hydrogen-bond donors (Lipinski definition) is 2. The third-order valence-corrected chi connectivity index (χ3v) is 4.01. The number of carbonyl (C=O) groups excluding carboxylic acids is 1. The van der Waals surface area contributed by atoms with Gasteiger partial charge in [0, 0.05) is 6.07 Å². The van der Waals surface area contributed by atoms with E-state index in [-0.39, 0.29) is 5.69 Å². The van der Waals surface area contributed by atoms with Crippen LogP contribution >= 0.6 is 11.6 Å². The van der Waals surface area contributed by atoms with Crippen molar-refractivity contribution < 1.29 is 14.3 Å². The van der Waals surface area contributed by atoms with E-state index < -0.39 is 5.91 Å². The van der Waals surface area contributed by atoms with Gasteiger partial charge in [-0.3, -0.25) is 4.79 Å². The number of aromatic nitrogens is 2. The highest BCUT2D eigenvalue weighted by Crippen LogP contribution is 2.30. The van der Waals surface area contributed by atoms with E-state index in [0.717, 1.165) is 0 Å². The SMILES string of the molecule is COc1ccc(OC)c(Nc2cnc(C(=O)Nc3ccccc3Cl)cn2)c1. The molecular formula is C19H17ClN4O3. The molecule has 2 N–H and O–H groups in total. The van der Waals surface area contributed by atoms with Gasteiger partial charge in [0.25, 0.3) is 5.91 Å². The predicted molar refractivity (Wildman–Crippen MR) is 104 cm³/mol. The Morgan fingerprint density at radius 2 is 1.81 bits per heavy atom. The number of amides is 1. The van der Waals surface area contributed by atoms with Crippen LogP contribution in [0.25, 0.3) is 0 Å². The average molecular weight is 385 g/mol. The van der Waals surface area contributed by atoms with Gasteiger partial charge in [-0.2, -0.15) is 0 Å². The van der Waals surface area contributed by atoms with E-state index in [1.54, 1.807) is 56.7 Å². The van der Waals surface area contributed by atoms with Crippen LogP contribution in [0.5, 0.6) is 11.5 Å². The summed E-state index contributed by atoms with van der Waals surface area (Å²) in [4.78, 5) is 20.7. The van der Waals surface area contributed by atoms with Gasteiger partial charge in [-0.05, 0) is 24.3 Å². The van der Waals surface area contributed by atoms with E-state index in [9.17, 15) is 4.79 Å². The highest BCUT2D eigenvalue weighted by atomic mass is 35.5. The Bertz CT molecular complexity index is 948. The Hall–Kier alpha value is -3.32. The highest BCUT2D eigenvalue weighted by molar-refractivity contribution is 6.33. The third-order valence-electron chi connectivity index (χ3n) is 3.68. The van der Waals surface area contributed by atoms with Gasteiger partial charge in [0.15, 0.2) is 0 Å². The Balaban J connectivity index is 1.74. The molecule has 8 heteroatoms. The second-order valence-corrected chi connectivity index (χ2v) is 5.82. The molecule has 0 fully saturated rings. The summed E-state index contributed by atoms with van der Waals surface area (Å²) < 4.78 is 10.5. The molecule has 1 heterocycles. The van der Waals surface area contributed by atoms with Gasteiger partial charge in [0.05, 0.1) is 43.0 Å². The van der Waals surface area contributed by atoms with Crippen LogP contribution in [-0.4, -0.2) is 30.1 Å². The molecule has 0 aliphatic heterocycles. The molecule has 0 aliphatic carbocycles. The monoisotopic (exact) mass is 384 g/mol. The van der Waals surface area contributed by atoms with Crippen LogP contribution in [0.15, 0.2) is 54.9 Å². The first kappa shape index (κ1) is 18.5. The molecular weight excluding hydrogens is 368 g/mol. The highest BCUT2D eigenvalue weighted by Gasteiger charge is 2.11. The van der Waals surface area contributed by atoms with Crippen LogP contribution in [0.1, 0.15) is 10.5 Å². The van der Waals surface area contributed by atoms with Crippen molar-refractivity contribution in [3.63, 3.8) is 0 Å². The number of nitrogens with one attached hydrogen (secondary N) is 2. The second-order valence-electron chi connectivity index (χ2n) is 5.41. The van der Waals surface area contributed by atoms with E-state index in [0.29, 0.717) is 33.7 Å². The fraction of sp³-hybridized carbons (Fsp3) is 0.105. The van der Waals surface area contributed by atoms with Gasteiger partial charge < -0.3 is 20.1 Å². The minimum atomic E-state index is -0.402. The first-order valence-electron chi connectivity index (χ1n) is 7.97. The van der Waals surface area contributed by atoms with Crippen LogP contribution in [-0.2, 0) is 0 Å². The Kier molecular flexibility index (Phi) is 5.73. The molecule has 0 saturated heterocycles. The zero-order chi connectivity index (χ0) is 19.2. The van der Waals surface area contributed by atoms with Crippen LogP contribution in [0.2, 0.25) is 5.02 Å². The van der Waals surface area contributed by atoms with Crippen molar-refractivity contribution in [2.24, 2.45) is 0 Å². The lowest BCUT2D eigenvalue weighted by molar-refractivity contribution is 0.102. The first-order valence-corrected chi connectivity index (χ1v) is 8.35. The molecule has 138 valence electrons. The van der Waals surface area contributed by atoms with Crippen molar-refractivity contribution in [1.82, 2.24) is 9.97 Å². The summed E-state index contributed by atoms with van der Waals surface area (Å²) >= 11 is 6.04. The quantitative estimate of drug-likeness (QED) is 0.664. The van der Waals surface area contributed by atoms with Crippen molar-refractivity contribution in [2.75, 3.05) is 24.9 Å². The van der Waals surface area contributed by atoms with Gasteiger partial charge in [0.1, 0.15) is 23.0 Å². The summed E-state index contributed by atoms with van der Waals surface area (Å²) in [5, 5.41) is 6.24. The second kappa shape index (κ2) is 8.37. The molecule has 3 aromatic rings. The number of ether oxygens (including phenoxy) is 2. The maximum atomic E-state index is 12.3. The van der Waals surface area contributed by atoms with Gasteiger partial charge in [-0.25, -0.2) is 9.97 Å². The molecule has 7 nitrogen and oxygen atoms in total. The summed E-state index contributed by atoms with van der Waals surface area (Å²) in [6.45, 7) is 0. The van der Waals surface area contributed by atoms with Gasteiger partial charge >= 0.3 is 0 Å². The van der Waals surface area contributed by atoms with Crippen LogP contribution < -0.4 is 20.1 Å². The van der Waals surface area contributed by atoms with Gasteiger partial charge in [-0.1, -0.05) is 23.7 Å². The van der Waals surface area contributed by atoms with Crippen LogP contribution in [0, 0.1) is 0 Å². The summed E-state index contributed by atoms with van der Waals surface area (Å²) in [6.07, 6.45) is 2.83. The fourth-order valence-corrected chi connectivity index (χ4v) is 2.49. The average Bonchev–Trinajstić information content (AvgIpc) is 2.70. The molecule has 0 spiro atoms. The summed E-state index contributed by atoms with van der Waals surface area (Å²) in [7, 11) is 3.15. The van der Waals surface area contributed by atoms with E-state index in [1.165, 1.54) is 12.4 Å². The van der Waals surface area contributed by atoms with E-state index in [2.05, 4.69) is 20.6 Å². The van der Waals surface area contributed by atoms with Crippen molar-refractivity contribution >= 4 is 34.7 Å². The van der Waals surface area contributed by atoms with E-state index >= 15 is 0 Å². The molecule has 1 aromatic heterocycles. The summed E-state index contributed by atoms with van der Waals surface area (Å²) in [5.74, 6) is 1.34. The van der Waals surface area contributed by atoms with Crippen molar-refractivity contribution in [3.05, 3.63) is 65.6 Å². The Morgan fingerprint density at radius 3 is 2.48 bits per heavy atom. The number of para-hydroxylation sites is 1. The molecule has 0 unspecified atom stereocenters. The molecule has 2 aromatic carbocycles. The lowest BCUT2D eigenvalue weighted by atomic mass is 10.2. The fourth-order valence-electron chi connectivity index (χ4n) is 2.31. The summed E-state index contributed by atoms with van der Waals surface area (Å²) in [6, 6.07) is 12.3. The van der Waals surface area contributed by atoms with Crippen LogP contribution in [0.3, 0.4) is 0 Å². The molecule has 0 saturated carbocycles. The Labute approximate surface area is 161 Å². The molecule has 1 amide bonds. The number of methoxy groups -OCH3 is 2. The zero-order valence-electron chi connectivity index (χ0n) is 14.7. The number of halogens is 1. The molecule has 27 heavy (non-hydrogen) atoms. The lowest BCUT2D eigenvalue weighted by Crippen LogP contribution is -2.14. The Morgan fingerprint density at radius 1 is 1.00 bits per heavy atom. The third kappa shape index (κ3) is 4.45. The largest absolute Gasteiger partial charge is 0.497 e. The lowest BCUT2D eigenvalue weighted by Gasteiger charge is -2.12. The first-order chi connectivity index (χ1) is 13.1. The van der Waals surface area contributed by atoms with E-state index in [1.807, 2.05) is 0 Å². The number of rotatable bonds is 6. The summed E-state index contributed by atoms with van der Waals surface area (Å²) in [5.41, 5.74) is 1.34. The molecule has 3 rings (SSSR count). The van der Waals surface area contributed by atoms with Gasteiger partial charge in [0.2, 0.25) is 0 Å². The molecule has 0 atom stereocenters. The van der Waals surface area contributed by atoms with Crippen molar-refractivity contribution in [2.45, 2.75) is 0 Å². The molecule has 0 bridgehead atoms. The minimum Gasteiger partial charge on any atom is -0.497 e. The topological polar surface area (TPSA) is 85.4 Å². The van der Waals surface area contributed by atoms with Crippen LogP contribution in [0.4, 0.5) is 17.2 Å². The van der Waals surface area contributed by atoms with Crippen molar-refractivity contribution in [3.8, 4) is 11.5 Å². The normalized spacial score (nSPS) is 10.2. The predicted octanol–water partition coefficient (Wildman–Crippen LogP) is 4.14. The number of carbonyl (C=O) groups is 1. The number of anilines is 3. The minimum absolute atomic E-state index is 0.165. The smallest absolute Gasteiger partial charge is 0.275 e. The number of hydrogen-bond acceptors (Lipinski definition) is 6. The number of benzene rings is 2.